The summed E-state index contributed by atoms with van der Waals surface area (Å²) in [5.74, 6) is -0.777. The fourth-order valence-corrected chi connectivity index (χ4v) is 1.20. The molecule has 4 nitrogen and oxygen atoms in total. The lowest BCUT2D eigenvalue weighted by molar-refractivity contribution is -0.124. The highest BCUT2D eigenvalue weighted by Crippen LogP contribution is 2.11. The summed E-state index contributed by atoms with van der Waals surface area (Å²) < 4.78 is 0. The van der Waals surface area contributed by atoms with E-state index in [0.717, 1.165) is 0 Å². The molecule has 0 bridgehead atoms. The maximum atomic E-state index is 11.0. The quantitative estimate of drug-likeness (QED) is 0.696. The number of hydrogen-bond acceptors (Lipinski definition) is 2. The van der Waals surface area contributed by atoms with E-state index in [4.69, 9.17) is 23.6 Å². The third kappa shape index (κ3) is 4.95. The van der Waals surface area contributed by atoms with Crippen molar-refractivity contribution < 1.29 is 9.59 Å². The Morgan fingerprint density at radius 2 is 1.92 bits per heavy atom. The maximum absolute atomic E-state index is 11.0. The average molecular weight is 227 g/mol. The van der Waals surface area contributed by atoms with Gasteiger partial charge in [0.05, 0.1) is 0 Å². The van der Waals surface area contributed by atoms with Crippen LogP contribution in [0.5, 0.6) is 0 Å². The Kier molecular flexibility index (Phi) is 6.72. The van der Waals surface area contributed by atoms with Gasteiger partial charge in [-0.2, -0.15) is 0 Å². The lowest BCUT2D eigenvalue weighted by atomic mass is 10.00. The van der Waals surface area contributed by atoms with Crippen molar-refractivity contribution in [1.29, 1.82) is 0 Å². The van der Waals surface area contributed by atoms with E-state index in [2.05, 4.69) is 0 Å². The molecule has 0 aliphatic heterocycles. The third-order valence-corrected chi connectivity index (χ3v) is 2.18. The molecule has 6 heteroatoms. The van der Waals surface area contributed by atoms with E-state index >= 15 is 0 Å². The predicted octanol–water partition coefficient (Wildman–Crippen LogP) is 1.33. The highest BCUT2D eigenvalue weighted by molar-refractivity contribution is 6.22. The van der Waals surface area contributed by atoms with Gasteiger partial charge in [0.15, 0.2) is 0 Å². The van der Waals surface area contributed by atoms with Gasteiger partial charge in [-0.15, -0.1) is 0 Å². The van der Waals surface area contributed by atoms with E-state index in [0.29, 0.717) is 12.8 Å². The Labute approximate surface area is 87.2 Å². The molecule has 1 unspecified atom stereocenters. The summed E-state index contributed by atoms with van der Waals surface area (Å²) in [6, 6.07) is 0. The molecule has 0 aliphatic carbocycles. The fourth-order valence-electron chi connectivity index (χ4n) is 0.950. The monoisotopic (exact) mass is 226 g/mol. The van der Waals surface area contributed by atoms with Crippen LogP contribution in [0.2, 0.25) is 0 Å². The molecule has 13 heavy (non-hydrogen) atoms. The maximum Gasteiger partial charge on any atom is 0.237 e. The molecule has 2 N–H and O–H groups in total. The van der Waals surface area contributed by atoms with Crippen molar-refractivity contribution in [3.05, 3.63) is 0 Å². The molecule has 0 aliphatic rings. The van der Waals surface area contributed by atoms with Crippen molar-refractivity contribution in [3.63, 3.8) is 0 Å². The highest BCUT2D eigenvalue weighted by atomic mass is 35.5. The second-order valence-corrected chi connectivity index (χ2v) is 3.00. The predicted molar refractivity (Wildman–Crippen MR) is 51.0 cm³/mol. The minimum Gasteiger partial charge on any atom is -0.274 e. The molecule has 0 aromatic rings. The third-order valence-electron chi connectivity index (χ3n) is 1.78. The van der Waals surface area contributed by atoms with Crippen LogP contribution in [-0.2, 0) is 9.59 Å². The molecule has 0 spiro atoms. The SMILES string of the molecule is CCC(CCC(=O)NCl)C(=O)NCl. The van der Waals surface area contributed by atoms with Gasteiger partial charge >= 0.3 is 0 Å². The van der Waals surface area contributed by atoms with Gasteiger partial charge in [0.1, 0.15) is 0 Å². The standard InChI is InChI=1S/C7H12Cl2N2O2/c1-2-5(7(13)11-9)3-4-6(12)10-8/h5H,2-4H2,1H3,(H,10,12)(H,11,13). The molecule has 0 saturated heterocycles. The summed E-state index contributed by atoms with van der Waals surface area (Å²) in [4.78, 5) is 25.8. The van der Waals surface area contributed by atoms with Crippen LogP contribution >= 0.6 is 23.6 Å². The average Bonchev–Trinajstić information content (AvgIpc) is 2.17. The van der Waals surface area contributed by atoms with E-state index in [9.17, 15) is 9.59 Å². The molecular weight excluding hydrogens is 215 g/mol. The van der Waals surface area contributed by atoms with Gasteiger partial charge in [-0.25, -0.2) is 0 Å². The first kappa shape index (κ1) is 12.5. The molecule has 0 aromatic carbocycles. The molecule has 0 radical (unpaired) electrons. The normalized spacial score (nSPS) is 11.9. The Bertz CT molecular complexity index is 187. The summed E-state index contributed by atoms with van der Waals surface area (Å²) in [6.45, 7) is 1.86. The Morgan fingerprint density at radius 3 is 2.31 bits per heavy atom. The van der Waals surface area contributed by atoms with Gasteiger partial charge in [0.2, 0.25) is 11.8 Å². The summed E-state index contributed by atoms with van der Waals surface area (Å²) in [5, 5.41) is 0. The van der Waals surface area contributed by atoms with E-state index < -0.39 is 0 Å². The van der Waals surface area contributed by atoms with Crippen molar-refractivity contribution in [2.75, 3.05) is 0 Å². The summed E-state index contributed by atoms with van der Waals surface area (Å²) >= 11 is 10.2. The van der Waals surface area contributed by atoms with Crippen molar-refractivity contribution in [2.45, 2.75) is 26.2 Å². The van der Waals surface area contributed by atoms with Gasteiger partial charge in [0.25, 0.3) is 0 Å². The summed E-state index contributed by atoms with van der Waals surface area (Å²) in [7, 11) is 0. The van der Waals surface area contributed by atoms with E-state index in [1.54, 1.807) is 0 Å². The van der Waals surface area contributed by atoms with E-state index in [1.165, 1.54) is 0 Å². The number of carbonyl (C=O) groups is 2. The topological polar surface area (TPSA) is 58.2 Å². The first-order valence-electron chi connectivity index (χ1n) is 3.95. The van der Waals surface area contributed by atoms with Crippen molar-refractivity contribution in [1.82, 2.24) is 9.67 Å². The summed E-state index contributed by atoms with van der Waals surface area (Å²) in [6.07, 6.45) is 1.33. The zero-order valence-electron chi connectivity index (χ0n) is 7.27. The number of nitrogens with one attached hydrogen (secondary N) is 2. The van der Waals surface area contributed by atoms with Crippen LogP contribution < -0.4 is 9.67 Å². The molecule has 0 rings (SSSR count). The minimum atomic E-state index is -0.289. The van der Waals surface area contributed by atoms with Gasteiger partial charge < -0.3 is 0 Å². The molecule has 0 fully saturated rings. The minimum absolute atomic E-state index is 0.228. The number of rotatable bonds is 5. The van der Waals surface area contributed by atoms with Crippen LogP contribution in [0.1, 0.15) is 26.2 Å². The largest absolute Gasteiger partial charge is 0.274 e. The molecule has 2 amide bonds. The van der Waals surface area contributed by atoms with Gasteiger partial charge in [-0.3, -0.25) is 19.3 Å². The van der Waals surface area contributed by atoms with Gasteiger partial charge in [0, 0.05) is 35.9 Å². The van der Waals surface area contributed by atoms with E-state index in [1.807, 2.05) is 16.6 Å². The second-order valence-electron chi connectivity index (χ2n) is 2.62. The number of amides is 2. The lowest BCUT2D eigenvalue weighted by Crippen LogP contribution is -2.25. The Balaban J connectivity index is 3.85. The van der Waals surface area contributed by atoms with Gasteiger partial charge in [-0.1, -0.05) is 6.92 Å². The van der Waals surface area contributed by atoms with Crippen LogP contribution in [0.4, 0.5) is 0 Å². The number of halogens is 2. The first-order valence-corrected chi connectivity index (χ1v) is 4.71. The van der Waals surface area contributed by atoms with Crippen molar-refractivity contribution in [3.8, 4) is 0 Å². The zero-order chi connectivity index (χ0) is 10.3. The van der Waals surface area contributed by atoms with Crippen LogP contribution in [0.25, 0.3) is 0 Å². The van der Waals surface area contributed by atoms with Crippen LogP contribution in [-0.4, -0.2) is 11.8 Å². The Hall–Kier alpha value is -0.480. The molecule has 0 heterocycles. The second kappa shape index (κ2) is 6.97. The zero-order valence-corrected chi connectivity index (χ0v) is 8.78. The van der Waals surface area contributed by atoms with Crippen LogP contribution in [0, 0.1) is 5.92 Å². The van der Waals surface area contributed by atoms with Crippen molar-refractivity contribution >= 4 is 35.4 Å². The molecule has 1 atom stereocenters. The summed E-state index contributed by atoms with van der Waals surface area (Å²) in [5.41, 5.74) is 0. The van der Waals surface area contributed by atoms with Crippen molar-refractivity contribution in [2.24, 2.45) is 5.92 Å². The molecule has 0 saturated carbocycles. The fraction of sp³-hybridized carbons (Fsp3) is 0.714. The highest BCUT2D eigenvalue weighted by Gasteiger charge is 2.16. The van der Waals surface area contributed by atoms with Gasteiger partial charge in [-0.05, 0) is 12.8 Å². The van der Waals surface area contributed by atoms with E-state index in [-0.39, 0.29) is 24.2 Å². The number of hydrogen-bond donors (Lipinski definition) is 2. The van der Waals surface area contributed by atoms with Crippen LogP contribution in [0.3, 0.4) is 0 Å². The first-order chi connectivity index (χ1) is 6.15. The molecular formula is C7H12Cl2N2O2. The Morgan fingerprint density at radius 1 is 1.31 bits per heavy atom. The lowest BCUT2D eigenvalue weighted by Gasteiger charge is -2.10. The molecule has 0 aromatic heterocycles. The number of carbonyl (C=O) groups excluding carboxylic acids is 2. The molecule has 76 valence electrons. The smallest absolute Gasteiger partial charge is 0.237 e. The van der Waals surface area contributed by atoms with Crippen LogP contribution in [0.15, 0.2) is 0 Å².